The average Bonchev–Trinajstić information content (AvgIpc) is 3.02. The molecule has 0 radical (unpaired) electrons. The lowest BCUT2D eigenvalue weighted by Crippen LogP contribution is -2.30. The summed E-state index contributed by atoms with van der Waals surface area (Å²) in [6.07, 6.45) is 0. The molecule has 0 aliphatic rings. The minimum atomic E-state index is -0.457. The van der Waals surface area contributed by atoms with Gasteiger partial charge in [0, 0.05) is 23.5 Å². The van der Waals surface area contributed by atoms with E-state index in [0.29, 0.717) is 22.7 Å². The number of methoxy groups -OCH3 is 1. The molecule has 3 aromatic rings. The smallest absolute Gasteiger partial charge is 0.289 e. The minimum absolute atomic E-state index is 0.173. The highest BCUT2D eigenvalue weighted by atomic mass is 35.5. The van der Waals surface area contributed by atoms with E-state index in [4.69, 9.17) is 20.8 Å². The van der Waals surface area contributed by atoms with E-state index >= 15 is 0 Å². The van der Waals surface area contributed by atoms with Gasteiger partial charge in [0.05, 0.1) is 7.11 Å². The molecule has 0 aliphatic carbocycles. The number of carbonyl (C=O) groups excluding carboxylic acids is 1. The van der Waals surface area contributed by atoms with Crippen molar-refractivity contribution in [3.8, 4) is 5.75 Å². The van der Waals surface area contributed by atoms with Gasteiger partial charge >= 0.3 is 0 Å². The van der Waals surface area contributed by atoms with Gasteiger partial charge in [-0.15, -0.1) is 0 Å². The average molecular weight is 362 g/mol. The summed E-state index contributed by atoms with van der Waals surface area (Å²) in [6.45, 7) is 2.59. The first-order valence-corrected chi connectivity index (χ1v) is 8.20. The number of benzene rings is 2. The molecule has 25 heavy (non-hydrogen) atoms. The van der Waals surface area contributed by atoms with Gasteiger partial charge in [-0.25, -0.2) is 4.39 Å². The third kappa shape index (κ3) is 3.61. The number of fused-ring (bicyclic) bond motifs is 1. The topological polar surface area (TPSA) is 42.7 Å². The van der Waals surface area contributed by atoms with E-state index in [9.17, 15) is 9.18 Å². The number of ether oxygens (including phenoxy) is 1. The Morgan fingerprint density at radius 3 is 2.72 bits per heavy atom. The summed E-state index contributed by atoms with van der Waals surface area (Å²) >= 11 is 5.96. The van der Waals surface area contributed by atoms with Gasteiger partial charge in [-0.1, -0.05) is 17.7 Å². The number of furan rings is 1. The van der Waals surface area contributed by atoms with Crippen LogP contribution in [0.25, 0.3) is 11.0 Å². The van der Waals surface area contributed by atoms with Crippen LogP contribution in [0.3, 0.4) is 0 Å². The fourth-order valence-electron chi connectivity index (χ4n) is 2.63. The summed E-state index contributed by atoms with van der Waals surface area (Å²) in [5.41, 5.74) is 1.27. The third-order valence-electron chi connectivity index (χ3n) is 3.95. The van der Waals surface area contributed by atoms with E-state index in [-0.39, 0.29) is 24.0 Å². The largest absolute Gasteiger partial charge is 0.494 e. The van der Waals surface area contributed by atoms with Crippen LogP contribution in [0.2, 0.25) is 5.02 Å². The Hall–Kier alpha value is -2.53. The standard InChI is InChI=1S/C19H17ClFNO3/c1-3-22(11-12-4-6-17(24-2)15(21)8-12)19(23)18-10-13-9-14(20)5-7-16(13)25-18/h4-10H,3,11H2,1-2H3. The Kier molecular flexibility index (Phi) is 4.95. The summed E-state index contributed by atoms with van der Waals surface area (Å²) in [7, 11) is 1.41. The molecule has 0 spiro atoms. The summed E-state index contributed by atoms with van der Waals surface area (Å²) < 4.78 is 24.4. The van der Waals surface area contributed by atoms with E-state index in [2.05, 4.69) is 0 Å². The first kappa shape index (κ1) is 17.3. The zero-order valence-corrected chi connectivity index (χ0v) is 14.6. The van der Waals surface area contributed by atoms with Crippen LogP contribution in [-0.4, -0.2) is 24.5 Å². The first-order valence-electron chi connectivity index (χ1n) is 7.82. The summed E-state index contributed by atoms with van der Waals surface area (Å²) in [6, 6.07) is 11.5. The highest BCUT2D eigenvalue weighted by Crippen LogP contribution is 2.25. The molecule has 0 aliphatic heterocycles. The van der Waals surface area contributed by atoms with Crippen molar-refractivity contribution in [2.45, 2.75) is 13.5 Å². The molecule has 0 atom stereocenters. The van der Waals surface area contributed by atoms with Crippen LogP contribution >= 0.6 is 11.6 Å². The molecule has 0 saturated heterocycles. The molecule has 0 bridgehead atoms. The van der Waals surface area contributed by atoms with Crippen LogP contribution in [0.1, 0.15) is 23.0 Å². The van der Waals surface area contributed by atoms with E-state index in [1.165, 1.54) is 13.2 Å². The van der Waals surface area contributed by atoms with Gasteiger partial charge in [0.15, 0.2) is 17.3 Å². The molecular formula is C19H17ClFNO3. The van der Waals surface area contributed by atoms with Crippen molar-refractivity contribution in [1.29, 1.82) is 0 Å². The molecule has 0 N–H and O–H groups in total. The number of carbonyl (C=O) groups is 1. The van der Waals surface area contributed by atoms with E-state index in [1.807, 2.05) is 6.92 Å². The quantitative estimate of drug-likeness (QED) is 0.649. The molecule has 1 heterocycles. The first-order chi connectivity index (χ1) is 12.0. The number of hydrogen-bond acceptors (Lipinski definition) is 3. The van der Waals surface area contributed by atoms with Gasteiger partial charge in [0.1, 0.15) is 5.58 Å². The van der Waals surface area contributed by atoms with E-state index in [1.54, 1.807) is 41.3 Å². The zero-order valence-electron chi connectivity index (χ0n) is 13.9. The molecule has 1 amide bonds. The van der Waals surface area contributed by atoms with Gasteiger partial charge in [-0.2, -0.15) is 0 Å². The normalized spacial score (nSPS) is 10.9. The number of halogens is 2. The molecule has 0 unspecified atom stereocenters. The predicted molar refractivity (Wildman–Crippen MR) is 94.6 cm³/mol. The zero-order chi connectivity index (χ0) is 18.0. The number of rotatable bonds is 5. The molecule has 0 fully saturated rings. The highest BCUT2D eigenvalue weighted by molar-refractivity contribution is 6.31. The fraction of sp³-hybridized carbons (Fsp3) is 0.211. The number of hydrogen-bond donors (Lipinski definition) is 0. The predicted octanol–water partition coefficient (Wildman–Crippen LogP) is 4.90. The van der Waals surface area contributed by atoms with Crippen molar-refractivity contribution in [2.75, 3.05) is 13.7 Å². The fourth-order valence-corrected chi connectivity index (χ4v) is 2.81. The van der Waals surface area contributed by atoms with Crippen molar-refractivity contribution in [1.82, 2.24) is 4.90 Å². The maximum atomic E-state index is 13.8. The van der Waals surface area contributed by atoms with E-state index in [0.717, 1.165) is 5.39 Å². The molecule has 130 valence electrons. The second kappa shape index (κ2) is 7.15. The highest BCUT2D eigenvalue weighted by Gasteiger charge is 2.19. The van der Waals surface area contributed by atoms with Gasteiger partial charge in [0.2, 0.25) is 0 Å². The lowest BCUT2D eigenvalue weighted by molar-refractivity contribution is 0.0722. The Morgan fingerprint density at radius 1 is 1.24 bits per heavy atom. The van der Waals surface area contributed by atoms with Gasteiger partial charge in [-0.3, -0.25) is 4.79 Å². The van der Waals surface area contributed by atoms with Crippen molar-refractivity contribution in [3.05, 3.63) is 64.6 Å². The van der Waals surface area contributed by atoms with Gasteiger partial charge in [-0.05, 0) is 48.9 Å². The van der Waals surface area contributed by atoms with Crippen molar-refractivity contribution < 1.29 is 18.3 Å². The monoisotopic (exact) mass is 361 g/mol. The molecule has 6 heteroatoms. The Labute approximate surface area is 149 Å². The molecular weight excluding hydrogens is 345 g/mol. The van der Waals surface area contributed by atoms with Crippen molar-refractivity contribution >= 4 is 28.5 Å². The Bertz CT molecular complexity index is 922. The Morgan fingerprint density at radius 2 is 2.04 bits per heavy atom. The lowest BCUT2D eigenvalue weighted by Gasteiger charge is -2.20. The van der Waals surface area contributed by atoms with Crippen LogP contribution in [0.4, 0.5) is 4.39 Å². The van der Waals surface area contributed by atoms with Crippen molar-refractivity contribution in [2.24, 2.45) is 0 Å². The maximum absolute atomic E-state index is 13.8. The van der Waals surface area contributed by atoms with Crippen LogP contribution in [0, 0.1) is 5.82 Å². The molecule has 2 aromatic carbocycles. The molecule has 3 rings (SSSR count). The molecule has 4 nitrogen and oxygen atoms in total. The summed E-state index contributed by atoms with van der Waals surface area (Å²) in [5, 5.41) is 1.34. The van der Waals surface area contributed by atoms with Gasteiger partial charge < -0.3 is 14.1 Å². The Balaban J connectivity index is 1.83. The molecule has 1 aromatic heterocycles. The van der Waals surface area contributed by atoms with Crippen molar-refractivity contribution in [3.63, 3.8) is 0 Å². The van der Waals surface area contributed by atoms with Crippen LogP contribution in [0.5, 0.6) is 5.75 Å². The molecule has 0 saturated carbocycles. The summed E-state index contributed by atoms with van der Waals surface area (Å²) in [4.78, 5) is 14.3. The summed E-state index contributed by atoms with van der Waals surface area (Å²) in [5.74, 6) is -0.312. The number of amides is 1. The van der Waals surface area contributed by atoms with Crippen LogP contribution < -0.4 is 4.74 Å². The number of nitrogens with zero attached hydrogens (tertiary/aromatic N) is 1. The van der Waals surface area contributed by atoms with Gasteiger partial charge in [0.25, 0.3) is 5.91 Å². The van der Waals surface area contributed by atoms with Crippen LogP contribution in [-0.2, 0) is 6.54 Å². The lowest BCUT2D eigenvalue weighted by atomic mass is 10.2. The maximum Gasteiger partial charge on any atom is 0.289 e. The second-order valence-electron chi connectivity index (χ2n) is 5.58. The minimum Gasteiger partial charge on any atom is -0.494 e. The van der Waals surface area contributed by atoms with Crippen LogP contribution in [0.15, 0.2) is 46.9 Å². The van der Waals surface area contributed by atoms with E-state index < -0.39 is 5.82 Å². The third-order valence-corrected chi connectivity index (χ3v) is 4.18. The second-order valence-corrected chi connectivity index (χ2v) is 6.02. The SMILES string of the molecule is CCN(Cc1ccc(OC)c(F)c1)C(=O)c1cc2cc(Cl)ccc2o1.